The fourth-order valence-electron chi connectivity index (χ4n) is 2.51. The predicted octanol–water partition coefficient (Wildman–Crippen LogP) is 1.55. The molecule has 0 saturated carbocycles. The third kappa shape index (κ3) is 3.70. The van der Waals surface area contributed by atoms with Gasteiger partial charge in [-0.15, -0.1) is 0 Å². The Labute approximate surface area is 123 Å². The summed E-state index contributed by atoms with van der Waals surface area (Å²) in [4.78, 5) is 24.6. The maximum absolute atomic E-state index is 12.4. The summed E-state index contributed by atoms with van der Waals surface area (Å²) in [6.07, 6.45) is 3.43. The minimum atomic E-state index is -0.998. The third-order valence-electron chi connectivity index (χ3n) is 3.75. The van der Waals surface area contributed by atoms with Crippen LogP contribution in [0, 0.1) is 12.8 Å². The highest BCUT2D eigenvalue weighted by molar-refractivity contribution is 5.95. The van der Waals surface area contributed by atoms with E-state index in [1.807, 2.05) is 6.92 Å². The summed E-state index contributed by atoms with van der Waals surface area (Å²) in [5.74, 6) is -0.864. The van der Waals surface area contributed by atoms with E-state index in [1.165, 1.54) is 6.08 Å². The number of aliphatic hydroxyl groups is 1. The van der Waals surface area contributed by atoms with Crippen LogP contribution in [0.4, 0.5) is 0 Å². The second kappa shape index (κ2) is 6.54. The summed E-state index contributed by atoms with van der Waals surface area (Å²) in [6.45, 7) is 3.22. The quantitative estimate of drug-likeness (QED) is 0.824. The van der Waals surface area contributed by atoms with Gasteiger partial charge >= 0.3 is 5.97 Å². The standard InChI is InChI=1S/C16H19NO4/c1-11-8-14(3-2-13(11)4-5-15(19)20)16(21)17-7-6-12(9-17)10-18/h2-5,8,12,18H,6-7,9-10H2,1H3,(H,19,20)/b5-4+. The first-order chi connectivity index (χ1) is 10.0. The highest BCUT2D eigenvalue weighted by Crippen LogP contribution is 2.20. The summed E-state index contributed by atoms with van der Waals surface area (Å²) in [6, 6.07) is 5.24. The molecule has 112 valence electrons. The zero-order chi connectivity index (χ0) is 15.4. The number of carbonyl (C=O) groups is 2. The number of carboxylic acid groups (broad SMARTS) is 1. The molecule has 1 fully saturated rings. The number of likely N-dealkylation sites (tertiary alicyclic amines) is 1. The van der Waals surface area contributed by atoms with Crippen molar-refractivity contribution in [1.82, 2.24) is 4.90 Å². The molecule has 1 aromatic rings. The number of aliphatic carboxylic acids is 1. The van der Waals surface area contributed by atoms with Gasteiger partial charge in [-0.1, -0.05) is 6.07 Å². The van der Waals surface area contributed by atoms with Crippen LogP contribution in [0.5, 0.6) is 0 Å². The van der Waals surface area contributed by atoms with Crippen molar-refractivity contribution in [3.63, 3.8) is 0 Å². The number of hydrogen-bond donors (Lipinski definition) is 2. The van der Waals surface area contributed by atoms with Gasteiger partial charge < -0.3 is 15.1 Å². The molecule has 1 amide bonds. The minimum absolute atomic E-state index is 0.0391. The van der Waals surface area contributed by atoms with Crippen LogP contribution in [0.1, 0.15) is 27.9 Å². The minimum Gasteiger partial charge on any atom is -0.478 e. The summed E-state index contributed by atoms with van der Waals surface area (Å²) in [5.41, 5.74) is 2.23. The normalized spacial score (nSPS) is 18.4. The second-order valence-corrected chi connectivity index (χ2v) is 5.33. The van der Waals surface area contributed by atoms with E-state index in [2.05, 4.69) is 0 Å². The summed E-state index contributed by atoms with van der Waals surface area (Å²) in [7, 11) is 0. The molecule has 2 rings (SSSR count). The van der Waals surface area contributed by atoms with E-state index < -0.39 is 5.97 Å². The van der Waals surface area contributed by atoms with Gasteiger partial charge in [-0.05, 0) is 42.7 Å². The molecule has 1 unspecified atom stereocenters. The van der Waals surface area contributed by atoms with E-state index in [0.29, 0.717) is 18.7 Å². The topological polar surface area (TPSA) is 77.8 Å². The first kappa shape index (κ1) is 15.3. The molecule has 0 aliphatic carbocycles. The average molecular weight is 289 g/mol. The molecule has 0 spiro atoms. The van der Waals surface area contributed by atoms with Gasteiger partial charge in [0.25, 0.3) is 5.91 Å². The summed E-state index contributed by atoms with van der Waals surface area (Å²) < 4.78 is 0. The number of amides is 1. The molecule has 1 heterocycles. The van der Waals surface area contributed by atoms with Crippen molar-refractivity contribution >= 4 is 18.0 Å². The van der Waals surface area contributed by atoms with Gasteiger partial charge in [0.05, 0.1) is 0 Å². The van der Waals surface area contributed by atoms with Crippen molar-refractivity contribution in [2.45, 2.75) is 13.3 Å². The van der Waals surface area contributed by atoms with Crippen LogP contribution in [-0.4, -0.2) is 46.7 Å². The van der Waals surface area contributed by atoms with Crippen molar-refractivity contribution < 1.29 is 19.8 Å². The predicted molar refractivity (Wildman–Crippen MR) is 78.9 cm³/mol. The van der Waals surface area contributed by atoms with E-state index in [-0.39, 0.29) is 18.4 Å². The van der Waals surface area contributed by atoms with Gasteiger partial charge in [0.15, 0.2) is 0 Å². The Morgan fingerprint density at radius 3 is 2.76 bits per heavy atom. The lowest BCUT2D eigenvalue weighted by atomic mass is 10.0. The molecule has 0 bridgehead atoms. The number of nitrogens with zero attached hydrogens (tertiary/aromatic N) is 1. The number of benzene rings is 1. The molecule has 1 atom stereocenters. The average Bonchev–Trinajstić information content (AvgIpc) is 2.93. The molecule has 1 aliphatic heterocycles. The molecule has 5 heteroatoms. The first-order valence-corrected chi connectivity index (χ1v) is 6.93. The van der Waals surface area contributed by atoms with Gasteiger partial charge in [0, 0.05) is 37.3 Å². The number of carboxylic acids is 1. The molecular weight excluding hydrogens is 270 g/mol. The van der Waals surface area contributed by atoms with Gasteiger partial charge in [-0.25, -0.2) is 4.79 Å². The number of aryl methyl sites for hydroxylation is 1. The van der Waals surface area contributed by atoms with Crippen LogP contribution in [0.2, 0.25) is 0 Å². The zero-order valence-corrected chi connectivity index (χ0v) is 12.0. The van der Waals surface area contributed by atoms with Crippen LogP contribution in [-0.2, 0) is 4.79 Å². The SMILES string of the molecule is Cc1cc(C(=O)N2CCC(CO)C2)ccc1/C=C/C(=O)O. The Kier molecular flexibility index (Phi) is 4.75. The highest BCUT2D eigenvalue weighted by atomic mass is 16.4. The van der Waals surface area contributed by atoms with E-state index in [0.717, 1.165) is 23.6 Å². The van der Waals surface area contributed by atoms with Gasteiger partial charge in [-0.2, -0.15) is 0 Å². The lowest BCUT2D eigenvalue weighted by molar-refractivity contribution is -0.131. The van der Waals surface area contributed by atoms with Crippen LogP contribution in [0.15, 0.2) is 24.3 Å². The molecule has 5 nitrogen and oxygen atoms in total. The Bertz CT molecular complexity index is 580. The Morgan fingerprint density at radius 2 is 2.19 bits per heavy atom. The Balaban J connectivity index is 2.13. The monoisotopic (exact) mass is 289 g/mol. The van der Waals surface area contributed by atoms with Crippen molar-refractivity contribution in [3.05, 3.63) is 41.0 Å². The van der Waals surface area contributed by atoms with Crippen molar-refractivity contribution in [3.8, 4) is 0 Å². The van der Waals surface area contributed by atoms with Crippen molar-refractivity contribution in [2.24, 2.45) is 5.92 Å². The molecule has 0 radical (unpaired) electrons. The van der Waals surface area contributed by atoms with E-state index in [9.17, 15) is 9.59 Å². The molecule has 1 aliphatic rings. The smallest absolute Gasteiger partial charge is 0.328 e. The fourth-order valence-corrected chi connectivity index (χ4v) is 2.51. The zero-order valence-electron chi connectivity index (χ0n) is 12.0. The maximum Gasteiger partial charge on any atom is 0.328 e. The first-order valence-electron chi connectivity index (χ1n) is 6.93. The van der Waals surface area contributed by atoms with E-state index in [1.54, 1.807) is 23.1 Å². The van der Waals surface area contributed by atoms with E-state index >= 15 is 0 Å². The summed E-state index contributed by atoms with van der Waals surface area (Å²) >= 11 is 0. The van der Waals surface area contributed by atoms with Gasteiger partial charge in [0.1, 0.15) is 0 Å². The van der Waals surface area contributed by atoms with Gasteiger partial charge in [-0.3, -0.25) is 4.79 Å². The molecule has 1 saturated heterocycles. The van der Waals surface area contributed by atoms with Crippen LogP contribution in [0.25, 0.3) is 6.08 Å². The largest absolute Gasteiger partial charge is 0.478 e. The van der Waals surface area contributed by atoms with E-state index in [4.69, 9.17) is 10.2 Å². The Hall–Kier alpha value is -2.14. The molecule has 21 heavy (non-hydrogen) atoms. The van der Waals surface area contributed by atoms with Crippen LogP contribution < -0.4 is 0 Å². The number of hydrogen-bond acceptors (Lipinski definition) is 3. The molecule has 1 aromatic carbocycles. The maximum atomic E-state index is 12.4. The number of carbonyl (C=O) groups excluding carboxylic acids is 1. The summed E-state index contributed by atoms with van der Waals surface area (Å²) in [5, 5.41) is 17.8. The molecular formula is C16H19NO4. The second-order valence-electron chi connectivity index (χ2n) is 5.33. The van der Waals surface area contributed by atoms with Gasteiger partial charge in [0.2, 0.25) is 0 Å². The third-order valence-corrected chi connectivity index (χ3v) is 3.75. The number of rotatable bonds is 4. The van der Waals surface area contributed by atoms with Crippen LogP contribution >= 0.6 is 0 Å². The number of aliphatic hydroxyl groups excluding tert-OH is 1. The molecule has 2 N–H and O–H groups in total. The highest BCUT2D eigenvalue weighted by Gasteiger charge is 2.26. The molecule has 0 aromatic heterocycles. The van der Waals surface area contributed by atoms with Crippen LogP contribution in [0.3, 0.4) is 0 Å². The Morgan fingerprint density at radius 1 is 1.43 bits per heavy atom. The van der Waals surface area contributed by atoms with Crippen molar-refractivity contribution in [2.75, 3.05) is 19.7 Å². The lowest BCUT2D eigenvalue weighted by Crippen LogP contribution is -2.29. The van der Waals surface area contributed by atoms with Crippen molar-refractivity contribution in [1.29, 1.82) is 0 Å². The lowest BCUT2D eigenvalue weighted by Gasteiger charge is -2.16. The fraction of sp³-hybridized carbons (Fsp3) is 0.375.